The van der Waals surface area contributed by atoms with E-state index in [0.717, 1.165) is 19.2 Å². The fourth-order valence-corrected chi connectivity index (χ4v) is 1.77. The number of anilines is 1. The summed E-state index contributed by atoms with van der Waals surface area (Å²) in [4.78, 5) is 9.69. The summed E-state index contributed by atoms with van der Waals surface area (Å²) in [6.45, 7) is 5.87. The van der Waals surface area contributed by atoms with Crippen molar-refractivity contribution in [1.82, 2.24) is 9.88 Å². The Balaban J connectivity index is 0.00000441. The second-order valence-electron chi connectivity index (χ2n) is 4.24. The van der Waals surface area contributed by atoms with Crippen LogP contribution in [0, 0.1) is 0 Å². The van der Waals surface area contributed by atoms with Gasteiger partial charge in [0.15, 0.2) is 5.96 Å². The molecule has 5 nitrogen and oxygen atoms in total. The molecular formula is C13H21F3IN5. The predicted molar refractivity (Wildman–Crippen MR) is 92.6 cm³/mol. The number of nitrogens with two attached hydrogens (primary N) is 1. The van der Waals surface area contributed by atoms with Crippen molar-refractivity contribution >= 4 is 35.8 Å². The van der Waals surface area contributed by atoms with E-state index in [1.165, 1.54) is 12.3 Å². The van der Waals surface area contributed by atoms with E-state index in [1.807, 2.05) is 18.7 Å². The van der Waals surface area contributed by atoms with Gasteiger partial charge < -0.3 is 16.0 Å². The van der Waals surface area contributed by atoms with Crippen molar-refractivity contribution in [2.45, 2.75) is 20.0 Å². The molecule has 0 aromatic carbocycles. The van der Waals surface area contributed by atoms with Crippen LogP contribution in [-0.2, 0) is 6.18 Å². The van der Waals surface area contributed by atoms with Crippen LogP contribution in [0.2, 0.25) is 0 Å². The zero-order valence-electron chi connectivity index (χ0n) is 12.5. The molecule has 0 saturated carbocycles. The predicted octanol–water partition coefficient (Wildman–Crippen LogP) is 2.79. The molecular weight excluding hydrogens is 410 g/mol. The Bertz CT molecular complexity index is 475. The molecule has 0 bridgehead atoms. The van der Waals surface area contributed by atoms with Crippen LogP contribution < -0.4 is 11.1 Å². The molecule has 1 heterocycles. The molecule has 9 heteroatoms. The number of aliphatic imine (C=N–C) groups is 1. The summed E-state index contributed by atoms with van der Waals surface area (Å²) in [5.41, 5.74) is 4.98. The van der Waals surface area contributed by atoms with Gasteiger partial charge in [0.25, 0.3) is 0 Å². The third-order valence-corrected chi connectivity index (χ3v) is 2.88. The molecule has 0 saturated heterocycles. The third kappa shape index (κ3) is 6.24. The Kier molecular flexibility index (Phi) is 9.14. The van der Waals surface area contributed by atoms with Gasteiger partial charge in [-0.1, -0.05) is 0 Å². The summed E-state index contributed by atoms with van der Waals surface area (Å²) in [5, 5.41) is 2.64. The molecule has 0 aliphatic carbocycles. The van der Waals surface area contributed by atoms with Crippen LogP contribution in [-0.4, -0.2) is 42.0 Å². The fourth-order valence-electron chi connectivity index (χ4n) is 1.77. The number of hydrogen-bond acceptors (Lipinski definition) is 3. The molecule has 0 amide bonds. The standard InChI is InChI=1S/C13H20F3N5.HI/c1-3-21(4-2)12(17)20-9-8-19-11-10(13(14,15)16)6-5-7-18-11;/h5-7H,3-4,8-9H2,1-2H3,(H2,17,20)(H,18,19);1H. The number of halogens is 4. The summed E-state index contributed by atoms with van der Waals surface area (Å²) in [5.74, 6) is 0.195. The first-order chi connectivity index (χ1) is 9.90. The number of pyridine rings is 1. The molecule has 1 aromatic rings. The number of rotatable bonds is 6. The van der Waals surface area contributed by atoms with E-state index >= 15 is 0 Å². The molecule has 1 rings (SSSR count). The average Bonchev–Trinajstić information content (AvgIpc) is 2.44. The van der Waals surface area contributed by atoms with Gasteiger partial charge in [-0.25, -0.2) is 4.98 Å². The Morgan fingerprint density at radius 1 is 1.36 bits per heavy atom. The Hall–Kier alpha value is -1.26. The first kappa shape index (κ1) is 20.7. The zero-order chi connectivity index (χ0) is 15.9. The van der Waals surface area contributed by atoms with Gasteiger partial charge in [0.05, 0.1) is 12.1 Å². The number of nitrogens with zero attached hydrogens (tertiary/aromatic N) is 3. The first-order valence-corrected chi connectivity index (χ1v) is 6.71. The summed E-state index contributed by atoms with van der Waals surface area (Å²) in [7, 11) is 0. The van der Waals surface area contributed by atoms with Crippen molar-refractivity contribution < 1.29 is 13.2 Å². The van der Waals surface area contributed by atoms with Gasteiger partial charge in [0.1, 0.15) is 5.82 Å². The summed E-state index contributed by atoms with van der Waals surface area (Å²) >= 11 is 0. The first-order valence-electron chi connectivity index (χ1n) is 6.71. The number of nitrogens with one attached hydrogen (secondary N) is 1. The summed E-state index contributed by atoms with van der Waals surface area (Å²) in [6, 6.07) is 2.24. The Morgan fingerprint density at radius 3 is 2.55 bits per heavy atom. The van der Waals surface area contributed by atoms with Crippen LogP contribution in [0.4, 0.5) is 19.0 Å². The highest BCUT2D eigenvalue weighted by molar-refractivity contribution is 14.0. The lowest BCUT2D eigenvalue weighted by atomic mass is 10.2. The molecule has 22 heavy (non-hydrogen) atoms. The van der Waals surface area contributed by atoms with Gasteiger partial charge in [-0.15, -0.1) is 24.0 Å². The van der Waals surface area contributed by atoms with Crippen molar-refractivity contribution in [3.8, 4) is 0 Å². The SMILES string of the molecule is CCN(CC)C(N)=NCCNc1ncccc1C(F)(F)F.I. The van der Waals surface area contributed by atoms with Crippen LogP contribution in [0.15, 0.2) is 23.3 Å². The van der Waals surface area contributed by atoms with Gasteiger partial charge in [-0.3, -0.25) is 4.99 Å². The minimum Gasteiger partial charge on any atom is -0.370 e. The molecule has 0 fully saturated rings. The third-order valence-electron chi connectivity index (χ3n) is 2.88. The largest absolute Gasteiger partial charge is 0.419 e. The van der Waals surface area contributed by atoms with Gasteiger partial charge in [0.2, 0.25) is 0 Å². The number of alkyl halides is 3. The van der Waals surface area contributed by atoms with Crippen molar-refractivity contribution in [2.75, 3.05) is 31.5 Å². The molecule has 3 N–H and O–H groups in total. The van der Waals surface area contributed by atoms with Gasteiger partial charge in [-0.2, -0.15) is 13.2 Å². The van der Waals surface area contributed by atoms with Gasteiger partial charge in [-0.05, 0) is 26.0 Å². The summed E-state index contributed by atoms with van der Waals surface area (Å²) < 4.78 is 38.2. The highest BCUT2D eigenvalue weighted by atomic mass is 127. The lowest BCUT2D eigenvalue weighted by Gasteiger charge is -2.19. The van der Waals surface area contributed by atoms with Crippen LogP contribution >= 0.6 is 24.0 Å². The molecule has 0 atom stereocenters. The molecule has 0 spiro atoms. The highest BCUT2D eigenvalue weighted by Crippen LogP contribution is 2.33. The number of aromatic nitrogens is 1. The minimum absolute atomic E-state index is 0. The van der Waals surface area contributed by atoms with Gasteiger partial charge in [0, 0.05) is 25.8 Å². The molecule has 0 aliphatic heterocycles. The Labute approximate surface area is 145 Å². The lowest BCUT2D eigenvalue weighted by molar-refractivity contribution is -0.137. The Morgan fingerprint density at radius 2 is 2.00 bits per heavy atom. The monoisotopic (exact) mass is 431 g/mol. The molecule has 1 aromatic heterocycles. The number of hydrogen-bond donors (Lipinski definition) is 2. The maximum absolute atomic E-state index is 12.7. The summed E-state index contributed by atoms with van der Waals surface area (Å²) in [6.07, 6.45) is -3.12. The van der Waals surface area contributed by atoms with Crippen LogP contribution in [0.3, 0.4) is 0 Å². The fraction of sp³-hybridized carbons (Fsp3) is 0.538. The van der Waals surface area contributed by atoms with Crippen LogP contribution in [0.25, 0.3) is 0 Å². The van der Waals surface area contributed by atoms with Crippen LogP contribution in [0.5, 0.6) is 0 Å². The van der Waals surface area contributed by atoms with E-state index in [2.05, 4.69) is 15.3 Å². The topological polar surface area (TPSA) is 66.5 Å². The quantitative estimate of drug-likeness (QED) is 0.315. The van der Waals surface area contributed by atoms with E-state index < -0.39 is 11.7 Å². The molecule has 0 aliphatic rings. The lowest BCUT2D eigenvalue weighted by Crippen LogP contribution is -2.37. The van der Waals surface area contributed by atoms with Crippen molar-refractivity contribution in [1.29, 1.82) is 0 Å². The van der Waals surface area contributed by atoms with E-state index in [9.17, 15) is 13.2 Å². The smallest absolute Gasteiger partial charge is 0.370 e. The van der Waals surface area contributed by atoms with Gasteiger partial charge >= 0.3 is 6.18 Å². The van der Waals surface area contributed by atoms with E-state index in [-0.39, 0.29) is 42.9 Å². The normalized spacial score (nSPS) is 11.8. The van der Waals surface area contributed by atoms with E-state index in [4.69, 9.17) is 5.73 Å². The maximum Gasteiger partial charge on any atom is 0.419 e. The van der Waals surface area contributed by atoms with Crippen LogP contribution in [0.1, 0.15) is 19.4 Å². The molecule has 0 radical (unpaired) electrons. The second-order valence-corrected chi connectivity index (χ2v) is 4.24. The van der Waals surface area contributed by atoms with E-state index in [1.54, 1.807) is 0 Å². The maximum atomic E-state index is 12.7. The van der Waals surface area contributed by atoms with Crippen molar-refractivity contribution in [3.05, 3.63) is 23.9 Å². The highest BCUT2D eigenvalue weighted by Gasteiger charge is 2.33. The molecule has 0 unspecified atom stereocenters. The minimum atomic E-state index is -4.43. The van der Waals surface area contributed by atoms with Crippen molar-refractivity contribution in [3.63, 3.8) is 0 Å². The van der Waals surface area contributed by atoms with Crippen molar-refractivity contribution in [2.24, 2.45) is 10.7 Å². The molecule has 126 valence electrons. The second kappa shape index (κ2) is 9.70. The van der Waals surface area contributed by atoms with E-state index in [0.29, 0.717) is 5.96 Å². The average molecular weight is 431 g/mol. The number of guanidine groups is 1. The zero-order valence-corrected chi connectivity index (χ0v) is 14.9.